The summed E-state index contributed by atoms with van der Waals surface area (Å²) in [6.07, 6.45) is 8.09. The number of anilines is 5. The van der Waals surface area contributed by atoms with Gasteiger partial charge in [-0.2, -0.15) is 0 Å². The molecule has 0 spiro atoms. The Bertz CT molecular complexity index is 4370. The normalized spacial score (nSPS) is 15.4. The summed E-state index contributed by atoms with van der Waals surface area (Å²) in [5, 5.41) is 2.55. The summed E-state index contributed by atoms with van der Waals surface area (Å²) in [6, 6.07) is 97.7. The molecule has 0 bridgehead atoms. The first-order valence-electron chi connectivity index (χ1n) is 26.9. The first-order valence-corrected chi connectivity index (χ1v) is 27.8. The molecule has 0 saturated heterocycles. The highest BCUT2D eigenvalue weighted by atomic mass is 32.1. The average Bonchev–Trinajstić information content (AvgIpc) is 3.32. The van der Waals surface area contributed by atoms with Gasteiger partial charge < -0.3 is 9.80 Å². The van der Waals surface area contributed by atoms with Gasteiger partial charge in [-0.05, 0) is 140 Å². The van der Waals surface area contributed by atoms with Crippen LogP contribution in [0.1, 0.15) is 51.4 Å². The second-order valence-electron chi connectivity index (χ2n) is 20.7. The molecule has 2 aliphatic carbocycles. The molecular weight excluding hydrogens is 961 g/mol. The molecule has 1 unspecified atom stereocenters. The largest absolute Gasteiger partial charge is 0.314 e. The smallest absolute Gasteiger partial charge is 0.0754 e. The summed E-state index contributed by atoms with van der Waals surface area (Å²) in [6.45, 7) is 6.13. The van der Waals surface area contributed by atoms with Crippen LogP contribution >= 0.6 is 11.3 Å². The van der Waals surface area contributed by atoms with E-state index in [-0.39, 0.29) is 0 Å². The van der Waals surface area contributed by atoms with Crippen molar-refractivity contribution in [2.75, 3.05) is 9.80 Å². The van der Waals surface area contributed by atoms with Crippen LogP contribution in [0.15, 0.2) is 297 Å². The van der Waals surface area contributed by atoms with Gasteiger partial charge in [0.2, 0.25) is 0 Å². The lowest BCUT2D eigenvalue weighted by atomic mass is 9.64. The fourth-order valence-electron chi connectivity index (χ4n) is 13.7. The Labute approximate surface area is 460 Å². The van der Waals surface area contributed by atoms with E-state index in [0.29, 0.717) is 0 Å². The van der Waals surface area contributed by atoms with Crippen LogP contribution in [0.5, 0.6) is 0 Å². The third kappa shape index (κ3) is 6.55. The molecule has 368 valence electrons. The molecule has 12 aromatic rings. The van der Waals surface area contributed by atoms with Gasteiger partial charge >= 0.3 is 0 Å². The van der Waals surface area contributed by atoms with Crippen molar-refractivity contribution in [3.8, 4) is 33.4 Å². The van der Waals surface area contributed by atoms with E-state index in [0.717, 1.165) is 28.3 Å². The van der Waals surface area contributed by atoms with Gasteiger partial charge in [0.05, 0.1) is 32.6 Å². The van der Waals surface area contributed by atoms with E-state index < -0.39 is 10.8 Å². The van der Waals surface area contributed by atoms with Crippen LogP contribution in [-0.2, 0) is 10.8 Å². The number of nitrogens with zero attached hydrogens (tertiary/aromatic N) is 2. The minimum absolute atomic E-state index is 0.538. The average molecular weight is 1010 g/mol. The topological polar surface area (TPSA) is 6.48 Å². The van der Waals surface area contributed by atoms with Crippen LogP contribution < -0.4 is 9.80 Å². The second kappa shape index (κ2) is 18.1. The quantitative estimate of drug-likeness (QED) is 0.126. The number of benzene rings is 11. The molecule has 0 fully saturated rings. The zero-order valence-electron chi connectivity index (χ0n) is 43.1. The number of rotatable bonds is 10. The predicted molar refractivity (Wildman–Crippen MR) is 329 cm³/mol. The number of para-hydroxylation sites is 1. The zero-order chi connectivity index (χ0) is 52.0. The molecule has 2 heterocycles. The maximum Gasteiger partial charge on any atom is 0.0754 e. The summed E-state index contributed by atoms with van der Waals surface area (Å²) in [7, 11) is 0. The Hall–Kier alpha value is -9.54. The SMILES string of the molecule is C=C/C=C\C=C(/C)N1c2ccccc2C2(c3ccccc3)c3cc(-c4ccc(N(c5ccc6c(c5)C(c5ccccc5)(c5ccccc5)c5ccccc5-6)c5cccc6c5sc5ccccc56)cc4)ccc3-c3cccc1c32. The van der Waals surface area contributed by atoms with Crippen LogP contribution in [0, 0.1) is 0 Å². The van der Waals surface area contributed by atoms with Crippen LogP contribution in [-0.4, -0.2) is 0 Å². The number of allylic oxidation sites excluding steroid dienone is 5. The van der Waals surface area contributed by atoms with Gasteiger partial charge in [-0.1, -0.05) is 231 Å². The van der Waals surface area contributed by atoms with Gasteiger partial charge in [0.15, 0.2) is 0 Å². The Morgan fingerprint density at radius 1 is 0.436 bits per heavy atom. The monoisotopic (exact) mass is 1010 g/mol. The standard InChI is InChI=1S/C75H52N2S/c1-3-4-8-23-50(2)76-68-36-19-18-35-65(68)75(55-28-13-7-14-29-55)66-48-52(42-46-60(66)62-32-21-37-69(76)72(62)75)51-40-43-56(44-41-51)77(70-38-22-33-63-61-31-16-20-39-71(61)78-73(63)70)57-45-47-59-58-30-15-17-34-64(58)74(67(59)49-57,53-24-9-5-10-25-53)54-26-11-6-12-27-54/h3-49H,1H2,2H3/b8-4-,50-23+. The van der Waals surface area contributed by atoms with Gasteiger partial charge in [-0.15, -0.1) is 11.3 Å². The van der Waals surface area contributed by atoms with E-state index in [2.05, 4.69) is 296 Å². The highest BCUT2D eigenvalue weighted by molar-refractivity contribution is 7.26. The number of fused-ring (bicyclic) bond motifs is 11. The minimum Gasteiger partial charge on any atom is -0.314 e. The molecule has 1 aliphatic heterocycles. The van der Waals surface area contributed by atoms with Gasteiger partial charge in [-0.25, -0.2) is 0 Å². The van der Waals surface area contributed by atoms with Crippen molar-refractivity contribution in [1.82, 2.24) is 0 Å². The first kappa shape index (κ1) is 45.8. The van der Waals surface area contributed by atoms with E-state index in [9.17, 15) is 0 Å². The molecule has 0 saturated carbocycles. The van der Waals surface area contributed by atoms with E-state index >= 15 is 0 Å². The van der Waals surface area contributed by atoms with E-state index in [1.165, 1.54) is 104 Å². The summed E-state index contributed by atoms with van der Waals surface area (Å²) in [4.78, 5) is 4.95. The maximum atomic E-state index is 3.93. The summed E-state index contributed by atoms with van der Waals surface area (Å²) >= 11 is 1.87. The Kier molecular flexibility index (Phi) is 10.6. The Balaban J connectivity index is 0.916. The molecule has 11 aromatic carbocycles. The van der Waals surface area contributed by atoms with Crippen LogP contribution in [0.2, 0.25) is 0 Å². The zero-order valence-corrected chi connectivity index (χ0v) is 44.0. The number of hydrogen-bond acceptors (Lipinski definition) is 3. The first-order chi connectivity index (χ1) is 38.6. The van der Waals surface area contributed by atoms with Crippen LogP contribution in [0.25, 0.3) is 53.6 Å². The fraction of sp³-hybridized carbons (Fsp3) is 0.0400. The highest BCUT2D eigenvalue weighted by Gasteiger charge is 2.53. The molecule has 2 nitrogen and oxygen atoms in total. The van der Waals surface area contributed by atoms with Crippen molar-refractivity contribution in [3.05, 3.63) is 342 Å². The third-order valence-corrected chi connectivity index (χ3v) is 18.1. The highest BCUT2D eigenvalue weighted by Crippen LogP contribution is 2.65. The van der Waals surface area contributed by atoms with Crippen molar-refractivity contribution in [2.24, 2.45) is 0 Å². The van der Waals surface area contributed by atoms with Gasteiger partial charge in [0.1, 0.15) is 0 Å². The van der Waals surface area contributed by atoms with Crippen LogP contribution in [0.3, 0.4) is 0 Å². The molecule has 3 heteroatoms. The second-order valence-corrected chi connectivity index (χ2v) is 21.8. The van der Waals surface area contributed by atoms with Crippen LogP contribution in [0.4, 0.5) is 28.4 Å². The lowest BCUT2D eigenvalue weighted by molar-refractivity contribution is 0.749. The Morgan fingerprint density at radius 3 is 1.74 bits per heavy atom. The molecule has 0 radical (unpaired) electrons. The predicted octanol–water partition coefficient (Wildman–Crippen LogP) is 20.0. The van der Waals surface area contributed by atoms with E-state index in [1.807, 2.05) is 23.5 Å². The molecular formula is C75H52N2S. The van der Waals surface area contributed by atoms with Gasteiger partial charge in [-0.3, -0.25) is 0 Å². The summed E-state index contributed by atoms with van der Waals surface area (Å²) < 4.78 is 2.55. The van der Waals surface area contributed by atoms with Crippen molar-refractivity contribution < 1.29 is 0 Å². The Morgan fingerprint density at radius 2 is 0.987 bits per heavy atom. The lowest BCUT2D eigenvalue weighted by Crippen LogP contribution is -2.36. The van der Waals surface area contributed by atoms with Crippen molar-refractivity contribution in [2.45, 2.75) is 17.8 Å². The fourth-order valence-corrected chi connectivity index (χ4v) is 14.9. The third-order valence-electron chi connectivity index (χ3n) is 16.8. The van der Waals surface area contributed by atoms with Gasteiger partial charge in [0, 0.05) is 38.1 Å². The lowest BCUT2D eigenvalue weighted by Gasteiger charge is -2.45. The van der Waals surface area contributed by atoms with E-state index in [1.54, 1.807) is 0 Å². The number of hydrogen-bond donors (Lipinski definition) is 0. The minimum atomic E-state index is -0.551. The molecule has 1 atom stereocenters. The van der Waals surface area contributed by atoms with Crippen molar-refractivity contribution >= 4 is 59.9 Å². The van der Waals surface area contributed by atoms with Crippen molar-refractivity contribution in [3.63, 3.8) is 0 Å². The van der Waals surface area contributed by atoms with Crippen molar-refractivity contribution in [1.29, 1.82) is 0 Å². The van der Waals surface area contributed by atoms with Gasteiger partial charge in [0.25, 0.3) is 0 Å². The molecule has 0 amide bonds. The molecule has 3 aliphatic rings. The maximum absolute atomic E-state index is 3.93. The molecule has 1 aromatic heterocycles. The summed E-state index contributed by atoms with van der Waals surface area (Å²) in [5.74, 6) is 0. The molecule has 0 N–H and O–H groups in total. The summed E-state index contributed by atoms with van der Waals surface area (Å²) in [5.41, 5.74) is 23.5. The molecule has 15 rings (SSSR count). The van der Waals surface area contributed by atoms with E-state index in [4.69, 9.17) is 0 Å². The molecule has 78 heavy (non-hydrogen) atoms. The number of thiophene rings is 1.